The Morgan fingerprint density at radius 3 is 2.47 bits per heavy atom. The van der Waals surface area contributed by atoms with E-state index in [1.807, 2.05) is 21.0 Å². The van der Waals surface area contributed by atoms with Crippen LogP contribution in [0.5, 0.6) is 0 Å². The van der Waals surface area contributed by atoms with Gasteiger partial charge in [0.05, 0.1) is 0 Å². The minimum Gasteiger partial charge on any atom is -0.309 e. The van der Waals surface area contributed by atoms with Gasteiger partial charge in [-0.1, -0.05) is 18.5 Å². The molecule has 0 atom stereocenters. The third kappa shape index (κ3) is 3.43. The molecule has 0 amide bonds. The maximum Gasteiger partial charge on any atom is 0.135 e. The summed E-state index contributed by atoms with van der Waals surface area (Å²) in [5.41, 5.74) is 2.07. The van der Waals surface area contributed by atoms with Gasteiger partial charge in [0, 0.05) is 24.2 Å². The zero-order chi connectivity index (χ0) is 11.4. The molecule has 0 aliphatic rings. The number of aryl methyl sites for hydroxylation is 1. The molecule has 0 N–H and O–H groups in total. The van der Waals surface area contributed by atoms with E-state index in [1.54, 1.807) is 0 Å². The molecule has 0 fully saturated rings. The lowest BCUT2D eigenvalue weighted by Crippen LogP contribution is -2.17. The number of hydrogen-bond acceptors (Lipinski definition) is 3. The van der Waals surface area contributed by atoms with Crippen LogP contribution >= 0.6 is 11.6 Å². The lowest BCUT2D eigenvalue weighted by atomic mass is 10.2. The van der Waals surface area contributed by atoms with E-state index >= 15 is 0 Å². The summed E-state index contributed by atoms with van der Waals surface area (Å²) in [4.78, 5) is 10.9. The summed E-state index contributed by atoms with van der Waals surface area (Å²) in [6.07, 6.45) is 1.75. The van der Waals surface area contributed by atoms with E-state index in [1.165, 1.54) is 0 Å². The number of nitrogens with zero attached hydrogens (tertiary/aromatic N) is 3. The molecule has 0 saturated carbocycles. The van der Waals surface area contributed by atoms with E-state index in [2.05, 4.69) is 21.8 Å². The van der Waals surface area contributed by atoms with Crippen LogP contribution in [0.2, 0.25) is 5.15 Å². The third-order valence-corrected chi connectivity index (χ3v) is 2.72. The maximum atomic E-state index is 6.05. The van der Waals surface area contributed by atoms with Crippen LogP contribution in [0.3, 0.4) is 0 Å². The van der Waals surface area contributed by atoms with Crippen molar-refractivity contribution < 1.29 is 0 Å². The predicted octanol–water partition coefficient (Wildman–Crippen LogP) is 2.10. The summed E-state index contributed by atoms with van der Waals surface area (Å²) in [5.74, 6) is 0.844. The number of aromatic nitrogens is 2. The molecule has 0 aliphatic heterocycles. The molecule has 1 aromatic heterocycles. The van der Waals surface area contributed by atoms with Gasteiger partial charge in [0.15, 0.2) is 0 Å². The first-order valence-electron chi connectivity index (χ1n) is 5.21. The highest BCUT2D eigenvalue weighted by molar-refractivity contribution is 6.30. The zero-order valence-electron chi connectivity index (χ0n) is 9.84. The first-order valence-corrected chi connectivity index (χ1v) is 5.59. The number of halogens is 1. The molecule has 4 heteroatoms. The summed E-state index contributed by atoms with van der Waals surface area (Å²) < 4.78 is 0. The van der Waals surface area contributed by atoms with Crippen molar-refractivity contribution >= 4 is 11.6 Å². The summed E-state index contributed by atoms with van der Waals surface area (Å²) in [5, 5.41) is 0.593. The molecular weight excluding hydrogens is 210 g/mol. The molecule has 0 saturated heterocycles. The second-order valence-corrected chi connectivity index (χ2v) is 4.27. The van der Waals surface area contributed by atoms with E-state index in [-0.39, 0.29) is 0 Å². The number of likely N-dealkylation sites (N-methyl/N-ethyl adjacent to an activating group) is 1. The van der Waals surface area contributed by atoms with Crippen molar-refractivity contribution in [3.05, 3.63) is 22.2 Å². The van der Waals surface area contributed by atoms with Gasteiger partial charge in [0.2, 0.25) is 0 Å². The van der Waals surface area contributed by atoms with Crippen molar-refractivity contribution in [2.24, 2.45) is 0 Å². The number of rotatable bonds is 4. The highest BCUT2D eigenvalue weighted by atomic mass is 35.5. The van der Waals surface area contributed by atoms with E-state index < -0.39 is 0 Å². The Labute approximate surface area is 96.5 Å². The average molecular weight is 228 g/mol. The highest BCUT2D eigenvalue weighted by Crippen LogP contribution is 2.16. The summed E-state index contributed by atoms with van der Waals surface area (Å²) in [6.45, 7) is 5.00. The average Bonchev–Trinajstić information content (AvgIpc) is 2.19. The van der Waals surface area contributed by atoms with Crippen LogP contribution < -0.4 is 0 Å². The molecule has 0 aliphatic carbocycles. The molecule has 84 valence electrons. The Hall–Kier alpha value is -0.670. The predicted molar refractivity (Wildman–Crippen MR) is 63.4 cm³/mol. The highest BCUT2D eigenvalue weighted by Gasteiger charge is 2.07. The lowest BCUT2D eigenvalue weighted by Gasteiger charge is -2.10. The smallest absolute Gasteiger partial charge is 0.135 e. The molecule has 0 spiro atoms. The van der Waals surface area contributed by atoms with Gasteiger partial charge in [-0.25, -0.2) is 9.97 Å². The molecule has 0 unspecified atom stereocenters. The van der Waals surface area contributed by atoms with E-state index in [9.17, 15) is 0 Å². The third-order valence-electron chi connectivity index (χ3n) is 2.35. The van der Waals surface area contributed by atoms with Crippen LogP contribution in [0.25, 0.3) is 0 Å². The largest absolute Gasteiger partial charge is 0.309 e. The van der Waals surface area contributed by atoms with E-state index in [0.717, 1.165) is 36.5 Å². The molecule has 1 rings (SSSR count). The zero-order valence-corrected chi connectivity index (χ0v) is 10.6. The molecule has 0 radical (unpaired) electrons. The first-order chi connectivity index (χ1) is 7.04. The summed E-state index contributed by atoms with van der Waals surface area (Å²) in [7, 11) is 4.08. The van der Waals surface area contributed by atoms with Gasteiger partial charge in [-0.3, -0.25) is 0 Å². The normalized spacial score (nSPS) is 11.1. The quantitative estimate of drug-likeness (QED) is 0.738. The topological polar surface area (TPSA) is 29.0 Å². The molecule has 1 heterocycles. The van der Waals surface area contributed by atoms with Crippen molar-refractivity contribution in [3.63, 3.8) is 0 Å². The molecule has 0 bridgehead atoms. The van der Waals surface area contributed by atoms with E-state index in [4.69, 9.17) is 11.6 Å². The summed E-state index contributed by atoms with van der Waals surface area (Å²) in [6, 6.07) is 0. The van der Waals surface area contributed by atoms with Crippen LogP contribution in [0.15, 0.2) is 0 Å². The Morgan fingerprint density at radius 1 is 1.27 bits per heavy atom. The Kier molecular flexibility index (Phi) is 4.48. The molecule has 15 heavy (non-hydrogen) atoms. The SMILES string of the molecule is CCc1nc(CCN(C)C)nc(Cl)c1C. The molecule has 3 nitrogen and oxygen atoms in total. The Bertz CT molecular complexity index is 337. The molecule has 1 aromatic rings. The van der Waals surface area contributed by atoms with Gasteiger partial charge in [-0.05, 0) is 27.4 Å². The Balaban J connectivity index is 2.86. The van der Waals surface area contributed by atoms with Crippen molar-refractivity contribution in [2.45, 2.75) is 26.7 Å². The van der Waals surface area contributed by atoms with Gasteiger partial charge < -0.3 is 4.90 Å². The second kappa shape index (κ2) is 5.42. The minimum absolute atomic E-state index is 0.593. The van der Waals surface area contributed by atoms with Gasteiger partial charge >= 0.3 is 0 Å². The fourth-order valence-electron chi connectivity index (χ4n) is 1.36. The van der Waals surface area contributed by atoms with Gasteiger partial charge in [0.25, 0.3) is 0 Å². The second-order valence-electron chi connectivity index (χ2n) is 3.91. The number of hydrogen-bond donors (Lipinski definition) is 0. The van der Waals surface area contributed by atoms with Gasteiger partial charge in [0.1, 0.15) is 11.0 Å². The van der Waals surface area contributed by atoms with Crippen LogP contribution in [-0.2, 0) is 12.8 Å². The van der Waals surface area contributed by atoms with Gasteiger partial charge in [-0.15, -0.1) is 0 Å². The molecule has 0 aromatic carbocycles. The van der Waals surface area contributed by atoms with Crippen molar-refractivity contribution in [2.75, 3.05) is 20.6 Å². The van der Waals surface area contributed by atoms with Crippen LogP contribution in [-0.4, -0.2) is 35.5 Å². The minimum atomic E-state index is 0.593. The lowest BCUT2D eigenvalue weighted by molar-refractivity contribution is 0.409. The van der Waals surface area contributed by atoms with Crippen LogP contribution in [0, 0.1) is 6.92 Å². The first kappa shape index (κ1) is 12.4. The molecular formula is C11H18ClN3. The standard InChI is InChI=1S/C11H18ClN3/c1-5-9-8(2)11(12)14-10(13-9)6-7-15(3)4/h5-7H2,1-4H3. The fraction of sp³-hybridized carbons (Fsp3) is 0.636. The van der Waals surface area contributed by atoms with E-state index in [0.29, 0.717) is 5.15 Å². The maximum absolute atomic E-state index is 6.05. The van der Waals surface area contributed by atoms with Crippen LogP contribution in [0.4, 0.5) is 0 Å². The van der Waals surface area contributed by atoms with Crippen molar-refractivity contribution in [1.29, 1.82) is 0 Å². The van der Waals surface area contributed by atoms with Crippen molar-refractivity contribution in [3.8, 4) is 0 Å². The van der Waals surface area contributed by atoms with Crippen molar-refractivity contribution in [1.82, 2.24) is 14.9 Å². The van der Waals surface area contributed by atoms with Crippen LogP contribution in [0.1, 0.15) is 24.0 Å². The van der Waals surface area contributed by atoms with Gasteiger partial charge in [-0.2, -0.15) is 0 Å². The fourth-order valence-corrected chi connectivity index (χ4v) is 1.57. The Morgan fingerprint density at radius 2 is 1.93 bits per heavy atom. The monoisotopic (exact) mass is 227 g/mol. The summed E-state index contributed by atoms with van der Waals surface area (Å²) >= 11 is 6.05.